The zero-order chi connectivity index (χ0) is 11.5. The number of phenolic OH excluding ortho intramolecular Hbond substituents is 1. The molecule has 0 saturated heterocycles. The lowest BCUT2D eigenvalue weighted by Crippen LogP contribution is -1.77. The van der Waals surface area contributed by atoms with Crippen LogP contribution in [0.15, 0.2) is 28.8 Å². The quantitative estimate of drug-likeness (QED) is 0.836. The Labute approximate surface area is 94.0 Å². The number of benzene rings is 1. The number of rotatable bonds is 2. The fourth-order valence-corrected chi connectivity index (χ4v) is 1.53. The highest BCUT2D eigenvalue weighted by Gasteiger charge is 2.04. The van der Waals surface area contributed by atoms with Crippen molar-refractivity contribution in [3.05, 3.63) is 46.8 Å². The molecule has 0 fully saturated rings. The molecular formula is C13H13NO2. The zero-order valence-electron chi connectivity index (χ0n) is 9.27. The molecule has 0 aliphatic carbocycles. The lowest BCUT2D eigenvalue weighted by molar-refractivity contribution is 0.393. The minimum absolute atomic E-state index is 0.269. The van der Waals surface area contributed by atoms with Crippen LogP contribution in [0.25, 0.3) is 12.2 Å². The number of aromatic nitrogens is 1. The summed E-state index contributed by atoms with van der Waals surface area (Å²) in [7, 11) is 0. The van der Waals surface area contributed by atoms with Gasteiger partial charge in [-0.3, -0.25) is 0 Å². The number of phenols is 1. The highest BCUT2D eigenvalue weighted by Crippen LogP contribution is 2.20. The van der Waals surface area contributed by atoms with Crippen LogP contribution in [0.1, 0.15) is 22.6 Å². The highest BCUT2D eigenvalue weighted by atomic mass is 16.5. The topological polar surface area (TPSA) is 46.3 Å². The molecule has 3 nitrogen and oxygen atoms in total. The Morgan fingerprint density at radius 1 is 1.19 bits per heavy atom. The van der Waals surface area contributed by atoms with Crippen molar-refractivity contribution >= 4 is 12.2 Å². The van der Waals surface area contributed by atoms with Gasteiger partial charge in [0.25, 0.3) is 0 Å². The van der Waals surface area contributed by atoms with Crippen molar-refractivity contribution in [2.75, 3.05) is 0 Å². The van der Waals surface area contributed by atoms with E-state index in [0.29, 0.717) is 0 Å². The van der Waals surface area contributed by atoms with Crippen molar-refractivity contribution in [2.45, 2.75) is 13.8 Å². The molecule has 3 heteroatoms. The molecule has 1 N–H and O–H groups in total. The van der Waals surface area contributed by atoms with Crippen LogP contribution in [-0.4, -0.2) is 10.3 Å². The lowest BCUT2D eigenvalue weighted by atomic mass is 10.1. The molecule has 82 valence electrons. The second kappa shape index (κ2) is 4.23. The van der Waals surface area contributed by atoms with Crippen LogP contribution in [0.2, 0.25) is 0 Å². The van der Waals surface area contributed by atoms with Crippen molar-refractivity contribution in [1.82, 2.24) is 5.16 Å². The van der Waals surface area contributed by atoms with Crippen molar-refractivity contribution in [2.24, 2.45) is 0 Å². The molecule has 1 aromatic carbocycles. The smallest absolute Gasteiger partial charge is 0.141 e. The van der Waals surface area contributed by atoms with E-state index >= 15 is 0 Å². The lowest BCUT2D eigenvalue weighted by Gasteiger charge is -1.97. The van der Waals surface area contributed by atoms with Crippen LogP contribution >= 0.6 is 0 Å². The van der Waals surface area contributed by atoms with Gasteiger partial charge in [-0.1, -0.05) is 29.4 Å². The van der Waals surface area contributed by atoms with Gasteiger partial charge in [0.2, 0.25) is 0 Å². The summed E-state index contributed by atoms with van der Waals surface area (Å²) < 4.78 is 5.05. The predicted molar refractivity (Wildman–Crippen MR) is 63.0 cm³/mol. The van der Waals surface area contributed by atoms with Crippen molar-refractivity contribution in [3.8, 4) is 5.75 Å². The van der Waals surface area contributed by atoms with Crippen molar-refractivity contribution in [3.63, 3.8) is 0 Å². The van der Waals surface area contributed by atoms with E-state index < -0.39 is 0 Å². The fourth-order valence-electron chi connectivity index (χ4n) is 1.53. The van der Waals surface area contributed by atoms with Gasteiger partial charge in [0.15, 0.2) is 0 Å². The maximum atomic E-state index is 9.59. The Hall–Kier alpha value is -2.03. The Morgan fingerprint density at radius 2 is 1.94 bits per heavy atom. The SMILES string of the molecule is Cc1noc(C)c1C=Cc1ccccc1O. The third kappa shape index (κ3) is 1.98. The maximum Gasteiger partial charge on any atom is 0.141 e. The van der Waals surface area contributed by atoms with Crippen LogP contribution in [0.3, 0.4) is 0 Å². The number of aromatic hydroxyl groups is 1. The van der Waals surface area contributed by atoms with Crippen LogP contribution in [-0.2, 0) is 0 Å². The van der Waals surface area contributed by atoms with Crippen LogP contribution in [0.5, 0.6) is 5.75 Å². The van der Waals surface area contributed by atoms with Crippen LogP contribution in [0.4, 0.5) is 0 Å². The summed E-state index contributed by atoms with van der Waals surface area (Å²) in [6, 6.07) is 7.19. The number of para-hydroxylation sites is 1. The molecule has 1 heterocycles. The third-order valence-electron chi connectivity index (χ3n) is 2.45. The molecule has 0 unspecified atom stereocenters. The molecule has 0 aliphatic rings. The molecule has 0 spiro atoms. The zero-order valence-corrected chi connectivity index (χ0v) is 9.27. The van der Waals surface area contributed by atoms with E-state index in [9.17, 15) is 5.11 Å². The first kappa shape index (κ1) is 10.5. The minimum atomic E-state index is 0.269. The molecule has 2 rings (SSSR count). The van der Waals surface area contributed by atoms with E-state index in [1.54, 1.807) is 12.1 Å². The Morgan fingerprint density at radius 3 is 2.56 bits per heavy atom. The van der Waals surface area contributed by atoms with E-state index in [1.165, 1.54) is 0 Å². The van der Waals surface area contributed by atoms with Gasteiger partial charge in [-0.05, 0) is 26.0 Å². The molecule has 0 saturated carbocycles. The highest BCUT2D eigenvalue weighted by molar-refractivity contribution is 5.73. The summed E-state index contributed by atoms with van der Waals surface area (Å²) in [5.41, 5.74) is 2.59. The van der Waals surface area contributed by atoms with Gasteiger partial charge in [-0.25, -0.2) is 0 Å². The van der Waals surface area contributed by atoms with E-state index in [1.807, 2.05) is 38.1 Å². The third-order valence-corrected chi connectivity index (χ3v) is 2.45. The van der Waals surface area contributed by atoms with E-state index in [4.69, 9.17) is 4.52 Å². The minimum Gasteiger partial charge on any atom is -0.507 e. The van der Waals surface area contributed by atoms with Crippen molar-refractivity contribution < 1.29 is 9.63 Å². The van der Waals surface area contributed by atoms with E-state index in [-0.39, 0.29) is 5.75 Å². The first-order valence-corrected chi connectivity index (χ1v) is 5.07. The van der Waals surface area contributed by atoms with E-state index in [0.717, 1.165) is 22.6 Å². The van der Waals surface area contributed by atoms with Gasteiger partial charge in [0.05, 0.1) is 5.69 Å². The first-order valence-electron chi connectivity index (χ1n) is 5.07. The maximum absolute atomic E-state index is 9.59. The summed E-state index contributed by atoms with van der Waals surface area (Å²) in [6.45, 7) is 3.76. The Balaban J connectivity index is 2.32. The number of hydrogen-bond acceptors (Lipinski definition) is 3. The average Bonchev–Trinajstić information content (AvgIpc) is 2.58. The molecule has 0 amide bonds. The summed E-state index contributed by atoms with van der Waals surface area (Å²) in [6.07, 6.45) is 3.75. The van der Waals surface area contributed by atoms with Gasteiger partial charge >= 0.3 is 0 Å². The molecule has 16 heavy (non-hydrogen) atoms. The van der Waals surface area contributed by atoms with Crippen molar-refractivity contribution in [1.29, 1.82) is 0 Å². The second-order valence-electron chi connectivity index (χ2n) is 3.63. The molecule has 2 aromatic rings. The van der Waals surface area contributed by atoms with E-state index in [2.05, 4.69) is 5.16 Å². The first-order chi connectivity index (χ1) is 7.68. The van der Waals surface area contributed by atoms with Gasteiger partial charge in [-0.2, -0.15) is 0 Å². The Bertz CT molecular complexity index is 507. The van der Waals surface area contributed by atoms with Crippen LogP contribution < -0.4 is 0 Å². The van der Waals surface area contributed by atoms with Gasteiger partial charge in [-0.15, -0.1) is 0 Å². The number of hydrogen-bond donors (Lipinski definition) is 1. The van der Waals surface area contributed by atoms with Gasteiger partial charge in [0, 0.05) is 11.1 Å². The fraction of sp³-hybridized carbons (Fsp3) is 0.154. The Kier molecular flexibility index (Phi) is 2.77. The van der Waals surface area contributed by atoms with Gasteiger partial charge < -0.3 is 9.63 Å². The molecule has 0 aliphatic heterocycles. The normalized spacial score (nSPS) is 11.1. The number of nitrogens with zero attached hydrogens (tertiary/aromatic N) is 1. The predicted octanol–water partition coefficient (Wildman–Crippen LogP) is 3.17. The standard InChI is InChI=1S/C13H13NO2/c1-9-12(10(2)16-14-9)8-7-11-5-3-4-6-13(11)15/h3-8,15H,1-2H3. The second-order valence-corrected chi connectivity index (χ2v) is 3.63. The summed E-state index contributed by atoms with van der Waals surface area (Å²) in [5, 5.41) is 13.4. The molecule has 0 bridgehead atoms. The van der Waals surface area contributed by atoms with Gasteiger partial charge in [0.1, 0.15) is 11.5 Å². The summed E-state index contributed by atoms with van der Waals surface area (Å²) in [5.74, 6) is 1.05. The molecular weight excluding hydrogens is 202 g/mol. The molecule has 1 aromatic heterocycles. The molecule has 0 atom stereocenters. The largest absolute Gasteiger partial charge is 0.507 e. The average molecular weight is 215 g/mol. The summed E-state index contributed by atoms with van der Waals surface area (Å²) in [4.78, 5) is 0. The number of aryl methyl sites for hydroxylation is 2. The monoisotopic (exact) mass is 215 g/mol. The summed E-state index contributed by atoms with van der Waals surface area (Å²) >= 11 is 0. The molecule has 0 radical (unpaired) electrons. The van der Waals surface area contributed by atoms with Crippen LogP contribution in [0, 0.1) is 13.8 Å².